The van der Waals surface area contributed by atoms with E-state index in [1.807, 2.05) is 18.2 Å². The Bertz CT molecular complexity index is 551. The Hall–Kier alpha value is -1.78. The van der Waals surface area contributed by atoms with Gasteiger partial charge in [-0.2, -0.15) is 0 Å². The summed E-state index contributed by atoms with van der Waals surface area (Å²) in [4.78, 5) is 0. The Kier molecular flexibility index (Phi) is 5.21. The monoisotopic (exact) mass is 295 g/mol. The van der Waals surface area contributed by atoms with Gasteiger partial charge in [0.25, 0.3) is 0 Å². The fourth-order valence-corrected chi connectivity index (χ4v) is 1.79. The van der Waals surface area contributed by atoms with Gasteiger partial charge in [-0.05, 0) is 30.3 Å². The third-order valence-electron chi connectivity index (χ3n) is 2.64. The van der Waals surface area contributed by atoms with Crippen LogP contribution in [0.5, 0.6) is 5.75 Å². The maximum atomic E-state index is 13.5. The van der Waals surface area contributed by atoms with Crippen molar-refractivity contribution in [3.05, 3.63) is 59.4 Å². The molecule has 2 rings (SSSR count). The summed E-state index contributed by atoms with van der Waals surface area (Å²) in [5.41, 5.74) is 0.299. The molecule has 0 amide bonds. The number of ether oxygens (including phenoxy) is 1. The average molecular weight is 296 g/mol. The standard InChI is InChI=1S/C15H15ClFNO2/c16-11-6-7-15(14(17)8-11)18-9-12(19)10-20-13-4-2-1-3-5-13/h1-8,12,18-19H,9-10H2. The molecule has 0 aliphatic carbocycles. The van der Waals surface area contributed by atoms with Crippen molar-refractivity contribution in [2.24, 2.45) is 0 Å². The zero-order chi connectivity index (χ0) is 14.4. The van der Waals surface area contributed by atoms with E-state index in [-0.39, 0.29) is 13.2 Å². The predicted molar refractivity (Wildman–Crippen MR) is 77.8 cm³/mol. The SMILES string of the molecule is OC(CNc1ccc(Cl)cc1F)COc1ccccc1. The van der Waals surface area contributed by atoms with Crippen LogP contribution in [0.4, 0.5) is 10.1 Å². The normalized spacial score (nSPS) is 11.9. The first-order valence-corrected chi connectivity index (χ1v) is 6.58. The van der Waals surface area contributed by atoms with Gasteiger partial charge in [-0.15, -0.1) is 0 Å². The van der Waals surface area contributed by atoms with E-state index in [4.69, 9.17) is 16.3 Å². The summed E-state index contributed by atoms with van der Waals surface area (Å²) < 4.78 is 18.9. The van der Waals surface area contributed by atoms with Gasteiger partial charge in [0, 0.05) is 11.6 Å². The summed E-state index contributed by atoms with van der Waals surface area (Å²) in [6.45, 7) is 0.317. The van der Waals surface area contributed by atoms with Crippen molar-refractivity contribution < 1.29 is 14.2 Å². The van der Waals surface area contributed by atoms with Gasteiger partial charge in [-0.3, -0.25) is 0 Å². The molecule has 20 heavy (non-hydrogen) atoms. The number of halogens is 2. The van der Waals surface area contributed by atoms with Crippen LogP contribution in [-0.2, 0) is 0 Å². The van der Waals surface area contributed by atoms with Gasteiger partial charge < -0.3 is 15.2 Å². The minimum atomic E-state index is -0.745. The van der Waals surface area contributed by atoms with Crippen molar-refractivity contribution in [1.29, 1.82) is 0 Å². The summed E-state index contributed by atoms with van der Waals surface area (Å²) in [5, 5.41) is 12.9. The highest BCUT2D eigenvalue weighted by Gasteiger charge is 2.07. The van der Waals surface area contributed by atoms with Crippen LogP contribution in [0, 0.1) is 5.82 Å². The third-order valence-corrected chi connectivity index (χ3v) is 2.88. The molecule has 0 radical (unpaired) electrons. The molecule has 3 nitrogen and oxygen atoms in total. The number of nitrogens with one attached hydrogen (secondary N) is 1. The Balaban J connectivity index is 1.79. The lowest BCUT2D eigenvalue weighted by Crippen LogP contribution is -2.26. The molecule has 1 unspecified atom stereocenters. The van der Waals surface area contributed by atoms with Gasteiger partial charge in [-0.1, -0.05) is 29.8 Å². The molecule has 0 aromatic heterocycles. The molecule has 0 heterocycles. The van der Waals surface area contributed by atoms with E-state index in [1.54, 1.807) is 18.2 Å². The molecule has 5 heteroatoms. The van der Waals surface area contributed by atoms with Crippen LogP contribution in [0.3, 0.4) is 0 Å². The number of rotatable bonds is 6. The molecule has 1 atom stereocenters. The van der Waals surface area contributed by atoms with Crippen LogP contribution in [0.25, 0.3) is 0 Å². The topological polar surface area (TPSA) is 41.5 Å². The minimum absolute atomic E-state index is 0.131. The summed E-state index contributed by atoms with van der Waals surface area (Å²) >= 11 is 5.66. The zero-order valence-corrected chi connectivity index (χ0v) is 11.5. The molecule has 2 N–H and O–H groups in total. The number of anilines is 1. The number of aliphatic hydroxyl groups excluding tert-OH is 1. The highest BCUT2D eigenvalue weighted by Crippen LogP contribution is 2.18. The molecular formula is C15H15ClFNO2. The molecule has 0 saturated carbocycles. The molecule has 0 spiro atoms. The third kappa shape index (κ3) is 4.40. The van der Waals surface area contributed by atoms with Crippen LogP contribution in [-0.4, -0.2) is 24.4 Å². The van der Waals surface area contributed by atoms with E-state index >= 15 is 0 Å². The Morgan fingerprint density at radius 3 is 2.65 bits per heavy atom. The van der Waals surface area contributed by atoms with E-state index < -0.39 is 11.9 Å². The van der Waals surface area contributed by atoms with Gasteiger partial charge in [0.05, 0.1) is 5.69 Å². The Morgan fingerprint density at radius 1 is 1.20 bits per heavy atom. The quantitative estimate of drug-likeness (QED) is 0.859. The Morgan fingerprint density at radius 2 is 1.95 bits per heavy atom. The highest BCUT2D eigenvalue weighted by molar-refractivity contribution is 6.30. The molecule has 0 fully saturated rings. The summed E-state index contributed by atoms with van der Waals surface area (Å²) in [7, 11) is 0. The minimum Gasteiger partial charge on any atom is -0.491 e. The fourth-order valence-electron chi connectivity index (χ4n) is 1.63. The van der Waals surface area contributed by atoms with Gasteiger partial charge in [0.15, 0.2) is 0 Å². The van der Waals surface area contributed by atoms with Crippen molar-refractivity contribution in [3.8, 4) is 5.75 Å². The van der Waals surface area contributed by atoms with E-state index in [9.17, 15) is 9.50 Å². The molecule has 0 aliphatic heterocycles. The fraction of sp³-hybridized carbons (Fsp3) is 0.200. The lowest BCUT2D eigenvalue weighted by atomic mass is 10.3. The van der Waals surface area contributed by atoms with Gasteiger partial charge >= 0.3 is 0 Å². The van der Waals surface area contributed by atoms with Gasteiger partial charge in [0.1, 0.15) is 24.3 Å². The first-order chi connectivity index (χ1) is 9.65. The first-order valence-electron chi connectivity index (χ1n) is 6.20. The van der Waals surface area contributed by atoms with E-state index in [0.29, 0.717) is 16.5 Å². The van der Waals surface area contributed by atoms with Crippen LogP contribution in [0.15, 0.2) is 48.5 Å². The summed E-state index contributed by atoms with van der Waals surface area (Å²) in [5.74, 6) is 0.234. The van der Waals surface area contributed by atoms with Gasteiger partial charge in [0.2, 0.25) is 0 Å². The highest BCUT2D eigenvalue weighted by atomic mass is 35.5. The van der Waals surface area contributed by atoms with Crippen LogP contribution >= 0.6 is 11.6 Å². The Labute approximate surface area is 122 Å². The molecule has 0 bridgehead atoms. The lowest BCUT2D eigenvalue weighted by molar-refractivity contribution is 0.117. The van der Waals surface area contributed by atoms with Crippen molar-refractivity contribution in [2.75, 3.05) is 18.5 Å². The van der Waals surface area contributed by atoms with Crippen molar-refractivity contribution in [2.45, 2.75) is 6.10 Å². The molecular weight excluding hydrogens is 281 g/mol. The van der Waals surface area contributed by atoms with Crippen molar-refractivity contribution >= 4 is 17.3 Å². The van der Waals surface area contributed by atoms with Gasteiger partial charge in [-0.25, -0.2) is 4.39 Å². The number of hydrogen-bond donors (Lipinski definition) is 2. The van der Waals surface area contributed by atoms with Crippen molar-refractivity contribution in [1.82, 2.24) is 0 Å². The average Bonchev–Trinajstić information content (AvgIpc) is 2.45. The second-order valence-electron chi connectivity index (χ2n) is 4.28. The summed E-state index contributed by atoms with van der Waals surface area (Å²) in [6.07, 6.45) is -0.745. The largest absolute Gasteiger partial charge is 0.491 e. The zero-order valence-electron chi connectivity index (χ0n) is 10.7. The van der Waals surface area contributed by atoms with Crippen LogP contribution in [0.2, 0.25) is 5.02 Å². The maximum Gasteiger partial charge on any atom is 0.147 e. The first kappa shape index (κ1) is 14.6. The lowest BCUT2D eigenvalue weighted by Gasteiger charge is -2.14. The predicted octanol–water partition coefficient (Wildman–Crippen LogP) is 3.33. The smallest absolute Gasteiger partial charge is 0.147 e. The van der Waals surface area contributed by atoms with Crippen molar-refractivity contribution in [3.63, 3.8) is 0 Å². The second-order valence-corrected chi connectivity index (χ2v) is 4.72. The number of hydrogen-bond acceptors (Lipinski definition) is 3. The second kappa shape index (κ2) is 7.12. The molecule has 106 valence electrons. The summed E-state index contributed by atoms with van der Waals surface area (Å²) in [6, 6.07) is 13.5. The van der Waals surface area contributed by atoms with E-state index in [2.05, 4.69) is 5.32 Å². The molecule has 0 saturated heterocycles. The molecule has 2 aromatic carbocycles. The van der Waals surface area contributed by atoms with E-state index in [1.165, 1.54) is 12.1 Å². The molecule has 0 aliphatic rings. The van der Waals surface area contributed by atoms with E-state index in [0.717, 1.165) is 0 Å². The van der Waals surface area contributed by atoms with Crippen LogP contribution in [0.1, 0.15) is 0 Å². The number of aliphatic hydroxyl groups is 1. The number of benzene rings is 2. The number of para-hydroxylation sites is 1. The maximum absolute atomic E-state index is 13.5. The van der Waals surface area contributed by atoms with Crippen LogP contribution < -0.4 is 10.1 Å². The molecule has 2 aromatic rings.